The Morgan fingerprint density at radius 1 is 0.886 bits per heavy atom. The van der Waals surface area contributed by atoms with Crippen molar-refractivity contribution in [3.8, 4) is 16.9 Å². The van der Waals surface area contributed by atoms with Gasteiger partial charge in [0, 0.05) is 38.3 Å². The Morgan fingerprint density at radius 3 is 2.39 bits per heavy atom. The monoisotopic (exact) mass is 603 g/mol. The minimum absolute atomic E-state index is 0.0244. The molecule has 3 aromatic carbocycles. The second-order valence-electron chi connectivity index (χ2n) is 10.9. The number of hydrogen-bond donors (Lipinski definition) is 4. The van der Waals surface area contributed by atoms with E-state index in [0.29, 0.717) is 17.7 Å². The number of benzene rings is 3. The van der Waals surface area contributed by atoms with Crippen LogP contribution in [0.2, 0.25) is 0 Å². The van der Waals surface area contributed by atoms with Crippen molar-refractivity contribution in [3.05, 3.63) is 95.1 Å². The second kappa shape index (κ2) is 19.3. The predicted octanol–water partition coefficient (Wildman–Crippen LogP) is 6.44. The van der Waals surface area contributed by atoms with Crippen molar-refractivity contribution in [2.45, 2.75) is 64.6 Å². The molecule has 3 aromatic rings. The normalized spacial score (nSPS) is 12.0. The zero-order valence-corrected chi connectivity index (χ0v) is 25.5. The summed E-state index contributed by atoms with van der Waals surface area (Å²) in [5.74, 6) is -1.34. The number of ether oxygens (including phenoxy) is 2. The van der Waals surface area contributed by atoms with Crippen LogP contribution in [0.4, 0.5) is 0 Å². The van der Waals surface area contributed by atoms with Crippen molar-refractivity contribution in [3.63, 3.8) is 0 Å². The smallest absolute Gasteiger partial charge is 0.328 e. The quantitative estimate of drug-likeness (QED) is 0.0660. The highest BCUT2D eigenvalue weighted by molar-refractivity contribution is 5.85. The van der Waals surface area contributed by atoms with Gasteiger partial charge in [0.15, 0.2) is 0 Å². The Morgan fingerprint density at radius 2 is 1.64 bits per heavy atom. The number of aryl methyl sites for hydroxylation is 1. The number of aliphatic hydroxyl groups excluding tert-OH is 1. The summed E-state index contributed by atoms with van der Waals surface area (Å²) in [6.07, 6.45) is 9.36. The number of phenols is 1. The lowest BCUT2D eigenvalue weighted by molar-refractivity contribution is -0.142. The minimum atomic E-state index is -0.953. The summed E-state index contributed by atoms with van der Waals surface area (Å²) >= 11 is 0. The highest BCUT2D eigenvalue weighted by Gasteiger charge is 2.11. The number of nitrogens with one attached hydrogen (secondary N) is 1. The van der Waals surface area contributed by atoms with Gasteiger partial charge in [0.1, 0.15) is 12.4 Å². The van der Waals surface area contributed by atoms with E-state index in [4.69, 9.17) is 14.6 Å². The number of carboxylic acid groups (broad SMARTS) is 1. The molecule has 0 unspecified atom stereocenters. The van der Waals surface area contributed by atoms with Crippen LogP contribution in [-0.2, 0) is 32.1 Å². The molecule has 0 bridgehead atoms. The van der Waals surface area contributed by atoms with Crippen LogP contribution >= 0.6 is 0 Å². The van der Waals surface area contributed by atoms with Crippen LogP contribution < -0.4 is 5.32 Å². The maximum absolute atomic E-state index is 11.0. The summed E-state index contributed by atoms with van der Waals surface area (Å²) < 4.78 is 10.8. The predicted molar refractivity (Wildman–Crippen MR) is 172 cm³/mol. The molecule has 0 spiro atoms. The number of hydrogen-bond acceptors (Lipinski definition) is 7. The van der Waals surface area contributed by atoms with E-state index in [1.807, 2.05) is 24.3 Å². The van der Waals surface area contributed by atoms with Crippen molar-refractivity contribution in [2.24, 2.45) is 0 Å². The molecule has 0 amide bonds. The molecule has 0 saturated carbocycles. The van der Waals surface area contributed by atoms with Gasteiger partial charge >= 0.3 is 11.9 Å². The zero-order chi connectivity index (χ0) is 31.6. The lowest BCUT2D eigenvalue weighted by atomic mass is 9.99. The van der Waals surface area contributed by atoms with Crippen LogP contribution in [0, 0.1) is 0 Å². The third kappa shape index (κ3) is 13.1. The highest BCUT2D eigenvalue weighted by atomic mass is 16.5. The summed E-state index contributed by atoms with van der Waals surface area (Å²) in [6.45, 7) is 4.05. The second-order valence-corrected chi connectivity index (χ2v) is 10.9. The van der Waals surface area contributed by atoms with Crippen LogP contribution in [0.5, 0.6) is 5.75 Å². The van der Waals surface area contributed by atoms with Gasteiger partial charge in [-0.3, -0.25) is 4.79 Å². The fourth-order valence-corrected chi connectivity index (χ4v) is 4.77. The lowest BCUT2D eigenvalue weighted by Gasteiger charge is -2.14. The number of aromatic hydroxyl groups is 1. The molecule has 1 atom stereocenters. The molecule has 0 aliphatic heterocycles. The molecule has 0 aliphatic rings. The van der Waals surface area contributed by atoms with Crippen molar-refractivity contribution in [1.29, 1.82) is 0 Å². The molecule has 236 valence electrons. The Kier molecular flexibility index (Phi) is 15.2. The van der Waals surface area contributed by atoms with Gasteiger partial charge in [-0.1, -0.05) is 67.4 Å². The van der Waals surface area contributed by atoms with Crippen molar-refractivity contribution in [1.82, 2.24) is 5.32 Å². The number of rotatable bonds is 20. The summed E-state index contributed by atoms with van der Waals surface area (Å²) in [5.41, 5.74) is 5.56. The molecule has 0 fully saturated rings. The van der Waals surface area contributed by atoms with Crippen LogP contribution in [0.15, 0.2) is 72.8 Å². The fourth-order valence-electron chi connectivity index (χ4n) is 4.77. The van der Waals surface area contributed by atoms with Gasteiger partial charge in [0.25, 0.3) is 0 Å². The summed E-state index contributed by atoms with van der Waals surface area (Å²) in [5, 5.41) is 32.4. The number of carboxylic acids is 1. The van der Waals surface area contributed by atoms with Gasteiger partial charge in [-0.05, 0) is 84.7 Å². The molecule has 44 heavy (non-hydrogen) atoms. The molecule has 3 rings (SSSR count). The van der Waals surface area contributed by atoms with Gasteiger partial charge in [0.2, 0.25) is 0 Å². The number of unbranched alkanes of at least 4 members (excludes halogenated alkanes) is 4. The largest absolute Gasteiger partial charge is 0.508 e. The van der Waals surface area contributed by atoms with Gasteiger partial charge in [-0.25, -0.2) is 4.79 Å². The summed E-state index contributed by atoms with van der Waals surface area (Å²) in [7, 11) is 0. The number of aliphatic hydroxyl groups is 1. The van der Waals surface area contributed by atoms with E-state index < -0.39 is 18.0 Å². The molecule has 0 heterocycles. The number of carbonyl (C=O) groups excluding carboxylic acids is 1. The first kappa shape index (κ1) is 34.5. The Balaban J connectivity index is 1.20. The molecule has 0 aliphatic carbocycles. The first-order chi connectivity index (χ1) is 21.3. The molecular weight excluding hydrogens is 558 g/mol. The first-order valence-electron chi connectivity index (χ1n) is 15.3. The third-order valence-corrected chi connectivity index (χ3v) is 7.24. The van der Waals surface area contributed by atoms with E-state index >= 15 is 0 Å². The van der Waals surface area contributed by atoms with Crippen LogP contribution in [0.1, 0.15) is 73.8 Å². The fraction of sp³-hybridized carbons (Fsp3) is 0.389. The van der Waals surface area contributed by atoms with E-state index in [1.165, 1.54) is 18.6 Å². The van der Waals surface area contributed by atoms with E-state index in [9.17, 15) is 19.8 Å². The van der Waals surface area contributed by atoms with Crippen LogP contribution in [-0.4, -0.2) is 53.6 Å². The summed E-state index contributed by atoms with van der Waals surface area (Å²) in [6, 6.07) is 21.3. The standard InChI is InChI=1S/C36H45NO7/c1-27(38)44-26-33-24-32(17-18-34(33)39)35(40)25-37-20-5-2-3-6-21-43-22-7-4-9-29-10-8-11-31(23-29)30-15-12-28(13-16-30)14-19-36(41)42/h8,10-19,23-24,35,37,39-40H,2-7,9,20-22,25-26H2,1H3,(H,41,42)/t35-/m0/s1. The van der Waals surface area contributed by atoms with Gasteiger partial charge < -0.3 is 30.1 Å². The molecule has 0 saturated heterocycles. The number of aliphatic carboxylic acids is 1. The molecular formula is C36H45NO7. The number of esters is 1. The molecule has 0 aromatic heterocycles. The Hall–Kier alpha value is -3.98. The topological polar surface area (TPSA) is 125 Å². The van der Waals surface area contributed by atoms with Crippen molar-refractivity contribution < 1.29 is 34.4 Å². The average Bonchev–Trinajstić information content (AvgIpc) is 3.02. The van der Waals surface area contributed by atoms with Crippen molar-refractivity contribution in [2.75, 3.05) is 26.3 Å². The highest BCUT2D eigenvalue weighted by Crippen LogP contribution is 2.24. The maximum Gasteiger partial charge on any atom is 0.328 e. The van der Waals surface area contributed by atoms with E-state index in [0.717, 1.165) is 87.5 Å². The minimum Gasteiger partial charge on any atom is -0.508 e. The first-order valence-corrected chi connectivity index (χ1v) is 15.3. The maximum atomic E-state index is 11.0. The SMILES string of the molecule is CC(=O)OCc1cc([C@@H](O)CNCCCCCCOCCCCc2cccc(-c3ccc(C=CC(=O)O)cc3)c2)ccc1O. The molecule has 8 heteroatoms. The Labute approximate surface area is 260 Å². The Bertz CT molecular complexity index is 1340. The van der Waals surface area contributed by atoms with Crippen LogP contribution in [0.25, 0.3) is 17.2 Å². The molecule has 4 N–H and O–H groups in total. The van der Waals surface area contributed by atoms with Gasteiger partial charge in [0.05, 0.1) is 6.10 Å². The molecule has 8 nitrogen and oxygen atoms in total. The van der Waals surface area contributed by atoms with Gasteiger partial charge in [-0.2, -0.15) is 0 Å². The van der Waals surface area contributed by atoms with Gasteiger partial charge in [-0.15, -0.1) is 0 Å². The van der Waals surface area contributed by atoms with Crippen molar-refractivity contribution >= 4 is 18.0 Å². The van der Waals surface area contributed by atoms with Crippen LogP contribution in [0.3, 0.4) is 0 Å². The zero-order valence-electron chi connectivity index (χ0n) is 25.5. The van der Waals surface area contributed by atoms with E-state index in [-0.39, 0.29) is 12.4 Å². The van der Waals surface area contributed by atoms with E-state index in [2.05, 4.69) is 29.6 Å². The van der Waals surface area contributed by atoms with E-state index in [1.54, 1.807) is 18.2 Å². The lowest BCUT2D eigenvalue weighted by Crippen LogP contribution is -2.22. The summed E-state index contributed by atoms with van der Waals surface area (Å²) in [4.78, 5) is 21.7. The average molecular weight is 604 g/mol. The number of carbonyl (C=O) groups is 2. The third-order valence-electron chi connectivity index (χ3n) is 7.24. The molecule has 0 radical (unpaired) electrons. The number of phenolic OH excluding ortho intramolecular Hbond substituents is 1.